The van der Waals surface area contributed by atoms with Gasteiger partial charge >= 0.3 is 6.09 Å². The van der Waals surface area contributed by atoms with Crippen LogP contribution in [-0.2, 0) is 27.2 Å². The van der Waals surface area contributed by atoms with E-state index in [1.54, 1.807) is 0 Å². The SMILES string of the molecule is CCCc1cn(CCOC2CCCCO2)c(C2CCN(C(=O)OC(C)(C)C)CC2)n1. The second kappa shape index (κ2) is 10.6. The molecule has 0 bridgehead atoms. The minimum Gasteiger partial charge on any atom is -0.444 e. The Morgan fingerprint density at radius 2 is 2.00 bits per heavy atom. The number of carbonyl (C=O) groups excluding carboxylic acids is 1. The Morgan fingerprint density at radius 3 is 2.63 bits per heavy atom. The van der Waals surface area contributed by atoms with E-state index < -0.39 is 5.60 Å². The predicted molar refractivity (Wildman–Crippen MR) is 116 cm³/mol. The number of nitrogens with zero attached hydrogens (tertiary/aromatic N) is 3. The quantitative estimate of drug-likeness (QED) is 0.649. The van der Waals surface area contributed by atoms with Crippen LogP contribution in [-0.4, -0.2) is 58.7 Å². The van der Waals surface area contributed by atoms with E-state index in [2.05, 4.69) is 17.7 Å². The molecule has 3 rings (SSSR count). The summed E-state index contributed by atoms with van der Waals surface area (Å²) in [6.07, 6.45) is 9.11. The third-order valence-corrected chi connectivity index (χ3v) is 5.65. The molecule has 3 heterocycles. The van der Waals surface area contributed by atoms with E-state index in [9.17, 15) is 4.79 Å². The van der Waals surface area contributed by atoms with Gasteiger partial charge in [0.1, 0.15) is 11.4 Å². The molecule has 0 spiro atoms. The molecular formula is C23H39N3O4. The Bertz CT molecular complexity index is 668. The lowest BCUT2D eigenvalue weighted by molar-refractivity contribution is -0.163. The number of aryl methyl sites for hydroxylation is 1. The van der Waals surface area contributed by atoms with Crippen LogP contribution in [0.4, 0.5) is 4.79 Å². The molecule has 7 heteroatoms. The average molecular weight is 422 g/mol. The Morgan fingerprint density at radius 1 is 1.23 bits per heavy atom. The number of hydrogen-bond donors (Lipinski definition) is 0. The molecule has 2 saturated heterocycles. The molecule has 0 N–H and O–H groups in total. The molecule has 2 aliphatic heterocycles. The molecular weight excluding hydrogens is 382 g/mol. The second-order valence-corrected chi connectivity index (χ2v) is 9.44. The van der Waals surface area contributed by atoms with Crippen molar-refractivity contribution in [1.82, 2.24) is 14.5 Å². The lowest BCUT2D eigenvalue weighted by Gasteiger charge is -2.33. The van der Waals surface area contributed by atoms with Crippen LogP contribution in [0.1, 0.15) is 83.7 Å². The van der Waals surface area contributed by atoms with Gasteiger partial charge in [-0.1, -0.05) is 13.3 Å². The first kappa shape index (κ1) is 23.1. The van der Waals surface area contributed by atoms with Crippen molar-refractivity contribution in [2.75, 3.05) is 26.3 Å². The molecule has 1 atom stereocenters. The number of ether oxygens (including phenoxy) is 3. The number of piperidine rings is 1. The molecule has 0 radical (unpaired) electrons. The minimum absolute atomic E-state index is 0.0575. The summed E-state index contributed by atoms with van der Waals surface area (Å²) < 4.78 is 19.4. The van der Waals surface area contributed by atoms with E-state index in [0.717, 1.165) is 63.2 Å². The maximum Gasteiger partial charge on any atom is 0.410 e. The Kier molecular flexibility index (Phi) is 8.17. The maximum absolute atomic E-state index is 12.4. The van der Waals surface area contributed by atoms with Crippen LogP contribution >= 0.6 is 0 Å². The molecule has 170 valence electrons. The second-order valence-electron chi connectivity index (χ2n) is 9.44. The van der Waals surface area contributed by atoms with E-state index >= 15 is 0 Å². The van der Waals surface area contributed by atoms with Crippen molar-refractivity contribution in [2.45, 2.75) is 97.0 Å². The summed E-state index contributed by atoms with van der Waals surface area (Å²) in [4.78, 5) is 19.1. The van der Waals surface area contributed by atoms with Crippen molar-refractivity contribution in [3.05, 3.63) is 17.7 Å². The molecule has 1 aromatic rings. The highest BCUT2D eigenvalue weighted by molar-refractivity contribution is 5.68. The first-order valence-corrected chi connectivity index (χ1v) is 11.6. The summed E-state index contributed by atoms with van der Waals surface area (Å²) in [6, 6.07) is 0. The smallest absolute Gasteiger partial charge is 0.410 e. The molecule has 1 unspecified atom stereocenters. The van der Waals surface area contributed by atoms with Gasteiger partial charge in [-0.3, -0.25) is 0 Å². The van der Waals surface area contributed by atoms with Crippen LogP contribution in [0.3, 0.4) is 0 Å². The highest BCUT2D eigenvalue weighted by Crippen LogP contribution is 2.29. The topological polar surface area (TPSA) is 65.8 Å². The highest BCUT2D eigenvalue weighted by Gasteiger charge is 2.29. The molecule has 2 aliphatic rings. The van der Waals surface area contributed by atoms with Crippen LogP contribution in [0.25, 0.3) is 0 Å². The minimum atomic E-state index is -0.457. The first-order valence-electron chi connectivity index (χ1n) is 11.6. The lowest BCUT2D eigenvalue weighted by atomic mass is 9.96. The molecule has 1 amide bonds. The van der Waals surface area contributed by atoms with Crippen molar-refractivity contribution in [2.24, 2.45) is 0 Å². The van der Waals surface area contributed by atoms with Crippen LogP contribution in [0, 0.1) is 0 Å². The van der Waals surface area contributed by atoms with E-state index in [0.29, 0.717) is 25.6 Å². The largest absolute Gasteiger partial charge is 0.444 e. The van der Waals surface area contributed by atoms with Crippen molar-refractivity contribution < 1.29 is 19.0 Å². The van der Waals surface area contributed by atoms with Crippen LogP contribution in [0.2, 0.25) is 0 Å². The van der Waals surface area contributed by atoms with Gasteiger partial charge in [0.2, 0.25) is 0 Å². The van der Waals surface area contributed by atoms with Crippen LogP contribution in [0.5, 0.6) is 0 Å². The lowest BCUT2D eigenvalue weighted by Crippen LogP contribution is -2.41. The van der Waals surface area contributed by atoms with E-state index in [1.807, 2.05) is 25.7 Å². The number of likely N-dealkylation sites (tertiary alicyclic amines) is 1. The number of hydrogen-bond acceptors (Lipinski definition) is 5. The maximum atomic E-state index is 12.4. The summed E-state index contributed by atoms with van der Waals surface area (Å²) in [6.45, 7) is 11.6. The van der Waals surface area contributed by atoms with Gasteiger partial charge in [0.05, 0.1) is 12.3 Å². The van der Waals surface area contributed by atoms with Gasteiger partial charge in [0.25, 0.3) is 0 Å². The van der Waals surface area contributed by atoms with Crippen molar-refractivity contribution in [1.29, 1.82) is 0 Å². The van der Waals surface area contributed by atoms with Crippen LogP contribution < -0.4 is 0 Å². The summed E-state index contributed by atoms with van der Waals surface area (Å²) in [5, 5.41) is 0. The molecule has 1 aromatic heterocycles. The summed E-state index contributed by atoms with van der Waals surface area (Å²) in [5.41, 5.74) is 0.692. The van der Waals surface area contributed by atoms with Gasteiger partial charge < -0.3 is 23.7 Å². The Balaban J connectivity index is 1.57. The predicted octanol–water partition coefficient (Wildman–Crippen LogP) is 4.49. The summed E-state index contributed by atoms with van der Waals surface area (Å²) >= 11 is 0. The van der Waals surface area contributed by atoms with Gasteiger partial charge in [0.15, 0.2) is 6.29 Å². The normalized spacial score (nSPS) is 21.1. The Labute approximate surface area is 181 Å². The van der Waals surface area contributed by atoms with E-state index in [4.69, 9.17) is 19.2 Å². The van der Waals surface area contributed by atoms with Gasteiger partial charge in [-0.05, 0) is 59.3 Å². The van der Waals surface area contributed by atoms with Crippen LogP contribution in [0.15, 0.2) is 6.20 Å². The van der Waals surface area contributed by atoms with Crippen molar-refractivity contribution >= 4 is 6.09 Å². The number of aromatic nitrogens is 2. The highest BCUT2D eigenvalue weighted by atomic mass is 16.7. The zero-order valence-electron chi connectivity index (χ0n) is 19.2. The molecule has 7 nitrogen and oxygen atoms in total. The van der Waals surface area contributed by atoms with Gasteiger partial charge in [-0.2, -0.15) is 0 Å². The van der Waals surface area contributed by atoms with Gasteiger partial charge in [0, 0.05) is 38.4 Å². The number of rotatable bonds is 7. The fraction of sp³-hybridized carbons (Fsp3) is 0.826. The van der Waals surface area contributed by atoms with Crippen molar-refractivity contribution in [3.63, 3.8) is 0 Å². The van der Waals surface area contributed by atoms with Gasteiger partial charge in [-0.15, -0.1) is 0 Å². The third kappa shape index (κ3) is 6.71. The number of imidazole rings is 1. The number of carbonyl (C=O) groups is 1. The van der Waals surface area contributed by atoms with E-state index in [-0.39, 0.29) is 12.4 Å². The number of amides is 1. The first-order chi connectivity index (χ1) is 14.4. The average Bonchev–Trinajstić information content (AvgIpc) is 3.10. The van der Waals surface area contributed by atoms with Gasteiger partial charge in [-0.25, -0.2) is 9.78 Å². The zero-order valence-corrected chi connectivity index (χ0v) is 19.2. The molecule has 0 aliphatic carbocycles. The molecule has 30 heavy (non-hydrogen) atoms. The fourth-order valence-electron chi connectivity index (χ4n) is 4.14. The summed E-state index contributed by atoms with van der Waals surface area (Å²) in [7, 11) is 0. The monoisotopic (exact) mass is 421 g/mol. The summed E-state index contributed by atoms with van der Waals surface area (Å²) in [5.74, 6) is 1.50. The zero-order chi connectivity index (χ0) is 21.6. The van der Waals surface area contributed by atoms with Crippen molar-refractivity contribution in [3.8, 4) is 0 Å². The fourth-order valence-corrected chi connectivity index (χ4v) is 4.14. The molecule has 0 aromatic carbocycles. The standard InChI is InChI=1S/C23H39N3O4/c1-5-8-19-17-26(14-16-29-20-9-6-7-15-28-20)21(24-19)18-10-12-25(13-11-18)22(27)30-23(2,3)4/h17-18,20H,5-16H2,1-4H3. The molecule has 2 fully saturated rings. The van der Waals surface area contributed by atoms with E-state index in [1.165, 1.54) is 6.42 Å². The third-order valence-electron chi connectivity index (χ3n) is 5.65. The Hall–Kier alpha value is -1.60. The molecule has 0 saturated carbocycles.